The van der Waals surface area contributed by atoms with Crippen LogP contribution in [-0.2, 0) is 13.0 Å². The van der Waals surface area contributed by atoms with Crippen LogP contribution in [0, 0.1) is 5.92 Å². The lowest BCUT2D eigenvalue weighted by Gasteiger charge is -2.22. The molecule has 1 aliphatic heterocycles. The molecule has 0 aliphatic carbocycles. The smallest absolute Gasteiger partial charge is 0.140 e. The fourth-order valence-electron chi connectivity index (χ4n) is 2.47. The Bertz CT molecular complexity index is 545. The van der Waals surface area contributed by atoms with Crippen LogP contribution in [0.4, 0.5) is 0 Å². The van der Waals surface area contributed by atoms with Gasteiger partial charge in [0.1, 0.15) is 5.82 Å². The topological polar surface area (TPSA) is 17.8 Å². The van der Waals surface area contributed by atoms with Crippen molar-refractivity contribution in [3.8, 4) is 11.4 Å². The van der Waals surface area contributed by atoms with Gasteiger partial charge in [-0.05, 0) is 30.9 Å². The summed E-state index contributed by atoms with van der Waals surface area (Å²) >= 11 is 3.52. The molecule has 0 N–H and O–H groups in total. The van der Waals surface area contributed by atoms with E-state index in [0.717, 1.165) is 29.2 Å². The van der Waals surface area contributed by atoms with Gasteiger partial charge in [-0.15, -0.1) is 0 Å². The van der Waals surface area contributed by atoms with Crippen LogP contribution in [0.3, 0.4) is 0 Å². The number of hydrogen-bond acceptors (Lipinski definition) is 1. The minimum Gasteiger partial charge on any atom is -0.328 e. The van der Waals surface area contributed by atoms with Gasteiger partial charge in [-0.1, -0.05) is 35.0 Å². The number of halogens is 1. The number of fused-ring (bicyclic) bond motifs is 1. The van der Waals surface area contributed by atoms with Gasteiger partial charge >= 0.3 is 0 Å². The quantitative estimate of drug-likeness (QED) is 0.779. The first-order chi connectivity index (χ1) is 8.24. The van der Waals surface area contributed by atoms with Crippen LogP contribution < -0.4 is 0 Å². The molecule has 1 aromatic heterocycles. The number of benzene rings is 1. The maximum absolute atomic E-state index is 4.59. The highest BCUT2D eigenvalue weighted by atomic mass is 79.9. The molecule has 0 spiro atoms. The van der Waals surface area contributed by atoms with Gasteiger partial charge in [0, 0.05) is 28.5 Å². The van der Waals surface area contributed by atoms with Crippen molar-refractivity contribution in [2.75, 3.05) is 0 Å². The van der Waals surface area contributed by atoms with Gasteiger partial charge in [-0.2, -0.15) is 0 Å². The zero-order valence-corrected chi connectivity index (χ0v) is 11.4. The molecule has 0 radical (unpaired) electrons. The lowest BCUT2D eigenvalue weighted by atomic mass is 10.00. The third-order valence-electron chi connectivity index (χ3n) is 3.41. The SMILES string of the molecule is CC1CCc2cnc(-c3cccc(Br)c3)n2C1. The molecule has 0 amide bonds. The minimum absolute atomic E-state index is 0.752. The number of nitrogens with zero attached hydrogens (tertiary/aromatic N) is 2. The highest BCUT2D eigenvalue weighted by Crippen LogP contribution is 2.28. The number of rotatable bonds is 1. The zero-order chi connectivity index (χ0) is 11.8. The van der Waals surface area contributed by atoms with E-state index >= 15 is 0 Å². The van der Waals surface area contributed by atoms with Gasteiger partial charge < -0.3 is 4.57 Å². The largest absolute Gasteiger partial charge is 0.328 e. The van der Waals surface area contributed by atoms with Crippen LogP contribution in [-0.4, -0.2) is 9.55 Å². The summed E-state index contributed by atoms with van der Waals surface area (Å²) in [6.07, 6.45) is 4.47. The van der Waals surface area contributed by atoms with E-state index in [2.05, 4.69) is 50.6 Å². The molecule has 2 aromatic rings. The maximum atomic E-state index is 4.59. The molecule has 1 atom stereocenters. The Kier molecular flexibility index (Phi) is 2.79. The molecule has 1 unspecified atom stereocenters. The van der Waals surface area contributed by atoms with Gasteiger partial charge in [0.05, 0.1) is 0 Å². The summed E-state index contributed by atoms with van der Waals surface area (Å²) in [6.45, 7) is 3.41. The Hall–Kier alpha value is -1.09. The van der Waals surface area contributed by atoms with Crippen molar-refractivity contribution >= 4 is 15.9 Å². The van der Waals surface area contributed by atoms with Crippen LogP contribution in [0.1, 0.15) is 19.0 Å². The summed E-state index contributed by atoms with van der Waals surface area (Å²) in [6, 6.07) is 8.37. The van der Waals surface area contributed by atoms with Crippen molar-refractivity contribution in [2.45, 2.75) is 26.3 Å². The summed E-state index contributed by atoms with van der Waals surface area (Å²) in [5.41, 5.74) is 2.57. The molecule has 2 heterocycles. The molecule has 3 rings (SSSR count). The van der Waals surface area contributed by atoms with E-state index in [9.17, 15) is 0 Å². The van der Waals surface area contributed by atoms with Crippen molar-refractivity contribution in [3.63, 3.8) is 0 Å². The first-order valence-corrected chi connectivity index (χ1v) is 6.83. The molecule has 88 valence electrons. The molecule has 1 aliphatic rings. The Morgan fingerprint density at radius 1 is 1.41 bits per heavy atom. The third kappa shape index (κ3) is 2.04. The van der Waals surface area contributed by atoms with Crippen molar-refractivity contribution in [3.05, 3.63) is 40.6 Å². The van der Waals surface area contributed by atoms with Gasteiger partial charge in [0.2, 0.25) is 0 Å². The number of hydrogen-bond donors (Lipinski definition) is 0. The molecule has 17 heavy (non-hydrogen) atoms. The second-order valence-electron chi connectivity index (χ2n) is 4.84. The molecular weight excluding hydrogens is 276 g/mol. The standard InChI is InChI=1S/C14H15BrN2/c1-10-5-6-13-8-16-14(17(13)9-10)11-3-2-4-12(15)7-11/h2-4,7-8,10H,5-6,9H2,1H3. The van der Waals surface area contributed by atoms with Crippen molar-refractivity contribution in [2.24, 2.45) is 5.92 Å². The van der Waals surface area contributed by atoms with Crippen LogP contribution in [0.5, 0.6) is 0 Å². The molecule has 0 bridgehead atoms. The Labute approximate surface area is 110 Å². The minimum atomic E-state index is 0.752. The summed E-state index contributed by atoms with van der Waals surface area (Å²) < 4.78 is 3.48. The molecule has 3 heteroatoms. The molecule has 0 saturated heterocycles. The van der Waals surface area contributed by atoms with E-state index < -0.39 is 0 Å². The van der Waals surface area contributed by atoms with Gasteiger partial charge in [-0.3, -0.25) is 0 Å². The van der Waals surface area contributed by atoms with E-state index in [0.29, 0.717) is 0 Å². The van der Waals surface area contributed by atoms with Gasteiger partial charge in [0.25, 0.3) is 0 Å². The van der Waals surface area contributed by atoms with Crippen LogP contribution in [0.25, 0.3) is 11.4 Å². The second kappa shape index (κ2) is 4.30. The molecule has 2 nitrogen and oxygen atoms in total. The predicted molar refractivity (Wildman–Crippen MR) is 72.8 cm³/mol. The van der Waals surface area contributed by atoms with E-state index in [1.807, 2.05) is 12.3 Å². The van der Waals surface area contributed by atoms with Crippen LogP contribution >= 0.6 is 15.9 Å². The van der Waals surface area contributed by atoms with E-state index in [4.69, 9.17) is 0 Å². The Balaban J connectivity index is 2.07. The number of aryl methyl sites for hydroxylation is 1. The molecular formula is C14H15BrN2. The summed E-state index contributed by atoms with van der Waals surface area (Å²) in [4.78, 5) is 4.59. The fraction of sp³-hybridized carbons (Fsp3) is 0.357. The average Bonchev–Trinajstić information content (AvgIpc) is 2.71. The second-order valence-corrected chi connectivity index (χ2v) is 5.75. The van der Waals surface area contributed by atoms with Crippen molar-refractivity contribution in [1.82, 2.24) is 9.55 Å². The highest BCUT2D eigenvalue weighted by molar-refractivity contribution is 9.10. The monoisotopic (exact) mass is 290 g/mol. The third-order valence-corrected chi connectivity index (χ3v) is 3.90. The first kappa shape index (κ1) is 11.0. The maximum Gasteiger partial charge on any atom is 0.140 e. The number of imidazole rings is 1. The van der Waals surface area contributed by atoms with E-state index in [1.54, 1.807) is 0 Å². The van der Waals surface area contributed by atoms with E-state index in [1.165, 1.54) is 17.7 Å². The summed E-state index contributed by atoms with van der Waals surface area (Å²) in [5.74, 6) is 1.86. The lowest BCUT2D eigenvalue weighted by Crippen LogP contribution is -2.18. The van der Waals surface area contributed by atoms with Crippen molar-refractivity contribution < 1.29 is 0 Å². The average molecular weight is 291 g/mol. The van der Waals surface area contributed by atoms with Gasteiger partial charge in [-0.25, -0.2) is 4.98 Å². The fourth-order valence-corrected chi connectivity index (χ4v) is 2.87. The highest BCUT2D eigenvalue weighted by Gasteiger charge is 2.19. The normalized spacial score (nSPS) is 19.1. The summed E-state index contributed by atoms with van der Waals surface area (Å²) in [5, 5.41) is 0. The van der Waals surface area contributed by atoms with Gasteiger partial charge in [0.15, 0.2) is 0 Å². The number of aromatic nitrogens is 2. The van der Waals surface area contributed by atoms with Crippen LogP contribution in [0.2, 0.25) is 0 Å². The Morgan fingerprint density at radius 3 is 3.12 bits per heavy atom. The zero-order valence-electron chi connectivity index (χ0n) is 9.86. The molecule has 1 aromatic carbocycles. The molecule has 0 saturated carbocycles. The van der Waals surface area contributed by atoms with Crippen molar-refractivity contribution in [1.29, 1.82) is 0 Å². The first-order valence-electron chi connectivity index (χ1n) is 6.04. The predicted octanol–water partition coefficient (Wildman–Crippen LogP) is 3.89. The Morgan fingerprint density at radius 2 is 2.29 bits per heavy atom. The van der Waals surface area contributed by atoms with E-state index in [-0.39, 0.29) is 0 Å². The lowest BCUT2D eigenvalue weighted by molar-refractivity contribution is 0.402. The molecule has 0 fully saturated rings. The van der Waals surface area contributed by atoms with Crippen LogP contribution in [0.15, 0.2) is 34.9 Å². The summed E-state index contributed by atoms with van der Waals surface area (Å²) in [7, 11) is 0.